The number of rotatable bonds is 6. The molecule has 0 radical (unpaired) electrons. The number of unbranched alkanes of at least 4 members (excludes halogenated alkanes) is 1. The molecule has 0 unspecified atom stereocenters. The van der Waals surface area contributed by atoms with Gasteiger partial charge in [-0.15, -0.1) is 0 Å². The zero-order valence-electron chi connectivity index (χ0n) is 14.4. The first-order valence-corrected chi connectivity index (χ1v) is 7.85. The van der Waals surface area contributed by atoms with Gasteiger partial charge in [0.2, 0.25) is 0 Å². The van der Waals surface area contributed by atoms with E-state index in [0.717, 1.165) is 18.4 Å². The maximum Gasteiger partial charge on any atom is 0.331 e. The third-order valence-electron chi connectivity index (χ3n) is 3.59. The van der Waals surface area contributed by atoms with Crippen LogP contribution >= 0.6 is 0 Å². The van der Waals surface area contributed by atoms with Gasteiger partial charge in [-0.1, -0.05) is 18.9 Å². The van der Waals surface area contributed by atoms with Gasteiger partial charge in [-0.05, 0) is 20.3 Å². The fraction of sp³-hybridized carbons (Fsp3) is 0.500. The molecule has 0 atom stereocenters. The van der Waals surface area contributed by atoms with Gasteiger partial charge in [0.25, 0.3) is 5.56 Å². The molecule has 8 nitrogen and oxygen atoms in total. The van der Waals surface area contributed by atoms with Gasteiger partial charge in [0, 0.05) is 19.7 Å². The maximum absolute atomic E-state index is 12.1. The number of ether oxygens (including phenoxy) is 1. The van der Waals surface area contributed by atoms with Crippen molar-refractivity contribution in [1.82, 2.24) is 19.1 Å². The summed E-state index contributed by atoms with van der Waals surface area (Å²) >= 11 is 0. The molecule has 0 bridgehead atoms. The maximum atomic E-state index is 12.1. The number of hydrogen-bond acceptors (Lipinski definition) is 5. The predicted octanol–water partition coefficient (Wildman–Crippen LogP) is 1.23. The largest absolute Gasteiger partial charge is 0.454 e. The topological polar surface area (TPSA) is 99.0 Å². The molecule has 2 rings (SSSR count). The molecule has 0 aliphatic rings. The van der Waals surface area contributed by atoms with E-state index < -0.39 is 17.2 Å². The second-order valence-electron chi connectivity index (χ2n) is 5.85. The lowest BCUT2D eigenvalue weighted by Gasteiger charge is -2.04. The number of carbonyl (C=O) groups excluding carboxylic acids is 1. The van der Waals surface area contributed by atoms with Gasteiger partial charge in [0.1, 0.15) is 12.4 Å². The Hall–Kier alpha value is -2.64. The molecule has 24 heavy (non-hydrogen) atoms. The summed E-state index contributed by atoms with van der Waals surface area (Å²) in [5, 5.41) is 0. The average molecular weight is 334 g/mol. The van der Waals surface area contributed by atoms with E-state index in [0.29, 0.717) is 23.5 Å². The van der Waals surface area contributed by atoms with Crippen LogP contribution in [0.5, 0.6) is 0 Å². The van der Waals surface area contributed by atoms with E-state index in [4.69, 9.17) is 4.74 Å². The predicted molar refractivity (Wildman–Crippen MR) is 89.7 cm³/mol. The number of hydrogen-bond donors (Lipinski definition) is 1. The van der Waals surface area contributed by atoms with Gasteiger partial charge < -0.3 is 9.30 Å². The highest BCUT2D eigenvalue weighted by Gasteiger charge is 2.17. The smallest absolute Gasteiger partial charge is 0.331 e. The van der Waals surface area contributed by atoms with Gasteiger partial charge in [0.15, 0.2) is 11.2 Å². The molecule has 2 heterocycles. The van der Waals surface area contributed by atoms with Crippen molar-refractivity contribution < 1.29 is 9.53 Å². The SMILES string of the molecule is CCCCn1c(=O)[nH]c(=O)c2c1nc(COC(=O)C=C(C)C)n2C. The van der Waals surface area contributed by atoms with E-state index in [1.165, 1.54) is 10.6 Å². The van der Waals surface area contributed by atoms with Crippen LogP contribution < -0.4 is 11.2 Å². The molecule has 130 valence electrons. The average Bonchev–Trinajstić information content (AvgIpc) is 2.81. The molecule has 2 aromatic heterocycles. The summed E-state index contributed by atoms with van der Waals surface area (Å²) in [6.45, 7) is 6.00. The lowest BCUT2D eigenvalue weighted by molar-refractivity contribution is -0.139. The zero-order valence-corrected chi connectivity index (χ0v) is 14.4. The Kier molecular flexibility index (Phi) is 5.38. The molecule has 0 amide bonds. The summed E-state index contributed by atoms with van der Waals surface area (Å²) in [6, 6.07) is 0. The first-order valence-electron chi connectivity index (χ1n) is 7.85. The molecule has 0 spiro atoms. The van der Waals surface area contributed by atoms with Crippen molar-refractivity contribution in [3.8, 4) is 0 Å². The second kappa shape index (κ2) is 7.29. The fourth-order valence-corrected chi connectivity index (χ4v) is 2.36. The van der Waals surface area contributed by atoms with E-state index in [1.807, 2.05) is 6.92 Å². The number of imidazole rings is 1. The standard InChI is InChI=1S/C16H22N4O4/c1-5-6-7-20-14-13(15(22)18-16(20)23)19(4)11(17-14)9-24-12(21)8-10(2)3/h8H,5-7,9H2,1-4H3,(H,18,22,23). The van der Waals surface area contributed by atoms with Crippen LogP contribution in [0.3, 0.4) is 0 Å². The molecule has 2 aromatic rings. The van der Waals surface area contributed by atoms with Gasteiger partial charge in [-0.3, -0.25) is 14.3 Å². The molecule has 0 aliphatic heterocycles. The molecule has 0 fully saturated rings. The van der Waals surface area contributed by atoms with Gasteiger partial charge in [-0.25, -0.2) is 14.6 Å². The lowest BCUT2D eigenvalue weighted by Crippen LogP contribution is -2.31. The monoisotopic (exact) mass is 334 g/mol. The number of allylic oxidation sites excluding steroid dienone is 1. The lowest BCUT2D eigenvalue weighted by atomic mass is 10.3. The highest BCUT2D eigenvalue weighted by Crippen LogP contribution is 2.11. The first kappa shape index (κ1) is 17.7. The van der Waals surface area contributed by atoms with Crippen molar-refractivity contribution >= 4 is 17.1 Å². The molecule has 8 heteroatoms. The Morgan fingerprint density at radius 3 is 2.67 bits per heavy atom. The number of aryl methyl sites for hydroxylation is 2. The van der Waals surface area contributed by atoms with Crippen molar-refractivity contribution in [3.05, 3.63) is 38.3 Å². The van der Waals surface area contributed by atoms with Gasteiger partial charge >= 0.3 is 11.7 Å². The summed E-state index contributed by atoms with van der Waals surface area (Å²) in [5.74, 6) is -0.0683. The number of aromatic amines is 1. The van der Waals surface area contributed by atoms with E-state index in [1.54, 1.807) is 25.5 Å². The quantitative estimate of drug-likeness (QED) is 0.633. The van der Waals surface area contributed by atoms with Crippen LogP contribution in [-0.4, -0.2) is 25.1 Å². The van der Waals surface area contributed by atoms with Crippen LogP contribution in [0.25, 0.3) is 11.2 Å². The van der Waals surface area contributed by atoms with Crippen molar-refractivity contribution in [2.24, 2.45) is 7.05 Å². The number of esters is 1. The molecule has 1 N–H and O–H groups in total. The van der Waals surface area contributed by atoms with Crippen molar-refractivity contribution in [2.45, 2.75) is 46.8 Å². The Labute approximate surface area is 138 Å². The Morgan fingerprint density at radius 2 is 2.04 bits per heavy atom. The number of H-pyrrole nitrogens is 1. The van der Waals surface area contributed by atoms with Gasteiger partial charge in [-0.2, -0.15) is 0 Å². The Balaban J connectivity index is 2.43. The van der Waals surface area contributed by atoms with E-state index in [9.17, 15) is 14.4 Å². The fourth-order valence-electron chi connectivity index (χ4n) is 2.36. The van der Waals surface area contributed by atoms with Crippen LogP contribution in [0.2, 0.25) is 0 Å². The Bertz CT molecular complexity index is 897. The minimum atomic E-state index is -0.500. The summed E-state index contributed by atoms with van der Waals surface area (Å²) in [4.78, 5) is 42.4. The third-order valence-corrected chi connectivity index (χ3v) is 3.59. The second-order valence-corrected chi connectivity index (χ2v) is 5.85. The molecular weight excluding hydrogens is 312 g/mol. The molecule has 0 saturated heterocycles. The molecule has 0 aliphatic carbocycles. The number of carbonyl (C=O) groups is 1. The van der Waals surface area contributed by atoms with Crippen molar-refractivity contribution in [1.29, 1.82) is 0 Å². The minimum absolute atomic E-state index is 0.0742. The van der Waals surface area contributed by atoms with Crippen molar-refractivity contribution in [2.75, 3.05) is 0 Å². The number of aromatic nitrogens is 4. The molecule has 0 saturated carbocycles. The number of fused-ring (bicyclic) bond motifs is 1. The van der Waals surface area contributed by atoms with Gasteiger partial charge in [0.05, 0.1) is 0 Å². The summed E-state index contributed by atoms with van der Waals surface area (Å²) in [7, 11) is 1.66. The normalized spacial score (nSPS) is 10.8. The Morgan fingerprint density at radius 1 is 1.33 bits per heavy atom. The minimum Gasteiger partial charge on any atom is -0.454 e. The molecular formula is C16H22N4O4. The highest BCUT2D eigenvalue weighted by atomic mass is 16.5. The summed E-state index contributed by atoms with van der Waals surface area (Å²) in [5.41, 5.74) is 0.452. The van der Waals surface area contributed by atoms with Crippen LogP contribution in [-0.2, 0) is 29.7 Å². The van der Waals surface area contributed by atoms with Crippen LogP contribution in [0.4, 0.5) is 0 Å². The highest BCUT2D eigenvalue weighted by molar-refractivity contribution is 5.82. The number of nitrogens with zero attached hydrogens (tertiary/aromatic N) is 3. The summed E-state index contributed by atoms with van der Waals surface area (Å²) < 4.78 is 8.14. The summed E-state index contributed by atoms with van der Waals surface area (Å²) in [6.07, 6.45) is 3.09. The van der Waals surface area contributed by atoms with Crippen LogP contribution in [0.1, 0.15) is 39.4 Å². The van der Waals surface area contributed by atoms with Crippen molar-refractivity contribution in [3.63, 3.8) is 0 Å². The van der Waals surface area contributed by atoms with E-state index >= 15 is 0 Å². The van der Waals surface area contributed by atoms with Crippen LogP contribution in [0.15, 0.2) is 21.2 Å². The molecule has 0 aromatic carbocycles. The number of nitrogens with one attached hydrogen (secondary N) is 1. The first-order chi connectivity index (χ1) is 11.3. The third kappa shape index (κ3) is 3.64. The van der Waals surface area contributed by atoms with Crippen LogP contribution in [0, 0.1) is 0 Å². The van der Waals surface area contributed by atoms with E-state index in [-0.39, 0.29) is 6.61 Å². The van der Waals surface area contributed by atoms with E-state index in [2.05, 4.69) is 9.97 Å². The zero-order chi connectivity index (χ0) is 17.9.